The van der Waals surface area contributed by atoms with Crippen molar-refractivity contribution in [3.05, 3.63) is 18.0 Å². The van der Waals surface area contributed by atoms with Crippen molar-refractivity contribution in [3.63, 3.8) is 0 Å². The Balaban J connectivity index is 0.00000264. The monoisotopic (exact) mass is 437 g/mol. The van der Waals surface area contributed by atoms with Gasteiger partial charge < -0.3 is 20.1 Å². The summed E-state index contributed by atoms with van der Waals surface area (Å²) in [4.78, 5) is 4.21. The SMILES string of the molecule is CN=C(NCCCOC1CCOC1)NCCc1cnn(C)c1.I. The molecule has 23 heavy (non-hydrogen) atoms. The van der Waals surface area contributed by atoms with Crippen LogP contribution < -0.4 is 10.6 Å². The molecule has 0 radical (unpaired) electrons. The largest absolute Gasteiger partial charge is 0.379 e. The zero-order valence-corrected chi connectivity index (χ0v) is 16.3. The van der Waals surface area contributed by atoms with Crippen LogP contribution in [0, 0.1) is 0 Å². The molecule has 2 rings (SSSR count). The molecular formula is C15H28IN5O2. The second-order valence-electron chi connectivity index (χ2n) is 5.41. The topological polar surface area (TPSA) is 72.7 Å². The van der Waals surface area contributed by atoms with Gasteiger partial charge in [-0.05, 0) is 24.8 Å². The molecule has 132 valence electrons. The fraction of sp³-hybridized carbons (Fsp3) is 0.733. The number of ether oxygens (including phenoxy) is 2. The zero-order valence-electron chi connectivity index (χ0n) is 14.0. The molecule has 1 aliphatic rings. The Morgan fingerprint density at radius 1 is 1.48 bits per heavy atom. The average Bonchev–Trinajstić information content (AvgIpc) is 3.17. The van der Waals surface area contributed by atoms with Gasteiger partial charge in [-0.1, -0.05) is 0 Å². The number of hydrogen-bond donors (Lipinski definition) is 2. The Bertz CT molecular complexity index is 460. The van der Waals surface area contributed by atoms with Crippen LogP contribution in [-0.4, -0.2) is 61.8 Å². The van der Waals surface area contributed by atoms with Gasteiger partial charge in [0.25, 0.3) is 0 Å². The molecule has 0 aromatic carbocycles. The summed E-state index contributed by atoms with van der Waals surface area (Å²) in [6, 6.07) is 0. The molecular weight excluding hydrogens is 409 g/mol. The minimum absolute atomic E-state index is 0. The van der Waals surface area contributed by atoms with Crippen LogP contribution in [0.2, 0.25) is 0 Å². The predicted molar refractivity (Wildman–Crippen MR) is 101 cm³/mol. The molecule has 0 saturated carbocycles. The number of aromatic nitrogens is 2. The molecule has 0 spiro atoms. The van der Waals surface area contributed by atoms with Crippen LogP contribution in [0.15, 0.2) is 17.4 Å². The maximum absolute atomic E-state index is 5.73. The number of hydrogen-bond acceptors (Lipinski definition) is 4. The first-order chi connectivity index (χ1) is 10.8. The Labute approximate surface area is 155 Å². The summed E-state index contributed by atoms with van der Waals surface area (Å²) in [5.74, 6) is 0.827. The van der Waals surface area contributed by atoms with Gasteiger partial charge in [0.2, 0.25) is 0 Å². The van der Waals surface area contributed by atoms with Gasteiger partial charge in [0.15, 0.2) is 5.96 Å². The molecule has 0 bridgehead atoms. The second-order valence-corrected chi connectivity index (χ2v) is 5.41. The van der Waals surface area contributed by atoms with E-state index in [4.69, 9.17) is 9.47 Å². The van der Waals surface area contributed by atoms with E-state index in [0.717, 1.165) is 58.1 Å². The van der Waals surface area contributed by atoms with Gasteiger partial charge in [-0.2, -0.15) is 5.10 Å². The van der Waals surface area contributed by atoms with Crippen LogP contribution in [-0.2, 0) is 22.9 Å². The van der Waals surface area contributed by atoms with Gasteiger partial charge in [0, 0.05) is 46.6 Å². The van der Waals surface area contributed by atoms with E-state index < -0.39 is 0 Å². The first-order valence-corrected chi connectivity index (χ1v) is 7.89. The Hall–Kier alpha value is -0.870. The third-order valence-corrected chi connectivity index (χ3v) is 3.54. The van der Waals surface area contributed by atoms with Gasteiger partial charge in [-0.15, -0.1) is 24.0 Å². The second kappa shape index (κ2) is 11.6. The Morgan fingerprint density at radius 2 is 2.30 bits per heavy atom. The lowest BCUT2D eigenvalue weighted by Crippen LogP contribution is -2.39. The summed E-state index contributed by atoms with van der Waals surface area (Å²) in [5.41, 5.74) is 1.22. The van der Waals surface area contributed by atoms with Crippen LogP contribution >= 0.6 is 24.0 Å². The van der Waals surface area contributed by atoms with E-state index in [1.54, 1.807) is 7.05 Å². The van der Waals surface area contributed by atoms with Crippen molar-refractivity contribution in [2.24, 2.45) is 12.0 Å². The van der Waals surface area contributed by atoms with E-state index in [2.05, 4.69) is 20.7 Å². The van der Waals surface area contributed by atoms with Crippen molar-refractivity contribution < 1.29 is 9.47 Å². The van der Waals surface area contributed by atoms with Crippen LogP contribution in [0.1, 0.15) is 18.4 Å². The van der Waals surface area contributed by atoms with Crippen molar-refractivity contribution in [1.82, 2.24) is 20.4 Å². The summed E-state index contributed by atoms with van der Waals surface area (Å²) in [7, 11) is 3.71. The summed E-state index contributed by atoms with van der Waals surface area (Å²) >= 11 is 0. The van der Waals surface area contributed by atoms with Crippen molar-refractivity contribution in [2.75, 3.05) is 40.0 Å². The molecule has 7 nitrogen and oxygen atoms in total. The average molecular weight is 437 g/mol. The van der Waals surface area contributed by atoms with Gasteiger partial charge in [-0.3, -0.25) is 9.67 Å². The summed E-state index contributed by atoms with van der Waals surface area (Å²) < 4.78 is 12.8. The molecule has 1 aliphatic heterocycles. The van der Waals surface area contributed by atoms with Gasteiger partial charge in [-0.25, -0.2) is 0 Å². The molecule has 1 fully saturated rings. The van der Waals surface area contributed by atoms with E-state index in [0.29, 0.717) is 0 Å². The molecule has 1 saturated heterocycles. The van der Waals surface area contributed by atoms with Crippen molar-refractivity contribution in [1.29, 1.82) is 0 Å². The number of guanidine groups is 1. The molecule has 1 aromatic rings. The number of halogens is 1. The van der Waals surface area contributed by atoms with Gasteiger partial charge >= 0.3 is 0 Å². The molecule has 2 heterocycles. The summed E-state index contributed by atoms with van der Waals surface area (Å²) in [5, 5.41) is 10.8. The fourth-order valence-corrected chi connectivity index (χ4v) is 2.32. The summed E-state index contributed by atoms with van der Waals surface area (Å²) in [6.45, 7) is 4.01. The molecule has 8 heteroatoms. The van der Waals surface area contributed by atoms with E-state index in [-0.39, 0.29) is 30.1 Å². The van der Waals surface area contributed by atoms with Gasteiger partial charge in [0.05, 0.1) is 18.9 Å². The summed E-state index contributed by atoms with van der Waals surface area (Å²) in [6.07, 6.45) is 7.12. The molecule has 0 amide bonds. The van der Waals surface area contributed by atoms with Crippen LogP contribution in [0.3, 0.4) is 0 Å². The maximum Gasteiger partial charge on any atom is 0.190 e. The van der Waals surface area contributed by atoms with Crippen LogP contribution in [0.4, 0.5) is 0 Å². The lowest BCUT2D eigenvalue weighted by atomic mass is 10.2. The highest BCUT2D eigenvalue weighted by Crippen LogP contribution is 2.07. The first kappa shape index (κ1) is 20.2. The van der Waals surface area contributed by atoms with E-state index in [1.807, 2.05) is 24.1 Å². The maximum atomic E-state index is 5.73. The molecule has 0 aliphatic carbocycles. The predicted octanol–water partition coefficient (Wildman–Crippen LogP) is 0.941. The number of aryl methyl sites for hydroxylation is 1. The third kappa shape index (κ3) is 7.98. The number of nitrogens with one attached hydrogen (secondary N) is 2. The smallest absolute Gasteiger partial charge is 0.190 e. The normalized spacial score (nSPS) is 17.8. The fourth-order valence-electron chi connectivity index (χ4n) is 2.32. The molecule has 1 unspecified atom stereocenters. The highest BCUT2D eigenvalue weighted by atomic mass is 127. The highest BCUT2D eigenvalue weighted by molar-refractivity contribution is 14.0. The number of nitrogens with zero attached hydrogens (tertiary/aromatic N) is 3. The van der Waals surface area contributed by atoms with Crippen LogP contribution in [0.5, 0.6) is 0 Å². The third-order valence-electron chi connectivity index (χ3n) is 3.54. The quantitative estimate of drug-likeness (QED) is 0.274. The molecule has 1 atom stereocenters. The first-order valence-electron chi connectivity index (χ1n) is 7.89. The molecule has 2 N–H and O–H groups in total. The van der Waals surface area contributed by atoms with Gasteiger partial charge in [0.1, 0.15) is 0 Å². The van der Waals surface area contributed by atoms with E-state index >= 15 is 0 Å². The van der Waals surface area contributed by atoms with Crippen molar-refractivity contribution in [3.8, 4) is 0 Å². The number of aliphatic imine (C=N–C) groups is 1. The highest BCUT2D eigenvalue weighted by Gasteiger charge is 2.15. The zero-order chi connectivity index (χ0) is 15.6. The van der Waals surface area contributed by atoms with E-state index in [1.165, 1.54) is 5.56 Å². The van der Waals surface area contributed by atoms with E-state index in [9.17, 15) is 0 Å². The van der Waals surface area contributed by atoms with Crippen molar-refractivity contribution in [2.45, 2.75) is 25.4 Å². The van der Waals surface area contributed by atoms with Crippen LogP contribution in [0.25, 0.3) is 0 Å². The Morgan fingerprint density at radius 3 is 2.96 bits per heavy atom. The minimum atomic E-state index is 0. The molecule has 1 aromatic heterocycles. The van der Waals surface area contributed by atoms with Crippen molar-refractivity contribution >= 4 is 29.9 Å². The minimum Gasteiger partial charge on any atom is -0.379 e. The lowest BCUT2D eigenvalue weighted by Gasteiger charge is -2.13. The Kier molecular flexibility index (Phi) is 10.2. The standard InChI is InChI=1S/C15H27N5O2.HI/c1-16-15(18-7-4-13-10-19-20(2)11-13)17-6-3-8-22-14-5-9-21-12-14;/h10-11,14H,3-9,12H2,1-2H3,(H2,16,17,18);1H. The lowest BCUT2D eigenvalue weighted by molar-refractivity contribution is 0.0420. The number of rotatable bonds is 8.